The van der Waals surface area contributed by atoms with Gasteiger partial charge in [0.15, 0.2) is 0 Å². The SMILES string of the molecule is CCOc1cc(-c2cc(OCC)cc(C(C)(C)C)c2O)c(O)c(C(C)(C)C)c1. The summed E-state index contributed by atoms with van der Waals surface area (Å²) in [6.07, 6.45) is 0. The third kappa shape index (κ3) is 4.54. The Hall–Kier alpha value is -2.36. The van der Waals surface area contributed by atoms with Crippen LogP contribution in [-0.2, 0) is 10.8 Å². The lowest BCUT2D eigenvalue weighted by Gasteiger charge is -2.26. The summed E-state index contributed by atoms with van der Waals surface area (Å²) >= 11 is 0. The maximum Gasteiger partial charge on any atom is 0.127 e. The number of ether oxygens (including phenoxy) is 2. The molecule has 0 aliphatic heterocycles. The van der Waals surface area contributed by atoms with E-state index in [9.17, 15) is 10.2 Å². The van der Waals surface area contributed by atoms with Crippen LogP contribution in [0.1, 0.15) is 66.5 Å². The van der Waals surface area contributed by atoms with E-state index in [0.717, 1.165) is 11.1 Å². The van der Waals surface area contributed by atoms with Crippen LogP contribution in [0.15, 0.2) is 24.3 Å². The molecular weight excluding hydrogens is 352 g/mol. The van der Waals surface area contributed by atoms with Crippen LogP contribution in [0.2, 0.25) is 0 Å². The lowest BCUT2D eigenvalue weighted by atomic mass is 9.81. The molecule has 0 saturated heterocycles. The number of rotatable bonds is 5. The minimum absolute atomic E-state index is 0.153. The van der Waals surface area contributed by atoms with Gasteiger partial charge in [-0.1, -0.05) is 41.5 Å². The van der Waals surface area contributed by atoms with Crippen molar-refractivity contribution in [1.29, 1.82) is 0 Å². The molecule has 2 aromatic rings. The maximum absolute atomic E-state index is 11.1. The van der Waals surface area contributed by atoms with E-state index < -0.39 is 0 Å². The van der Waals surface area contributed by atoms with Crippen molar-refractivity contribution >= 4 is 0 Å². The summed E-state index contributed by atoms with van der Waals surface area (Å²) in [5.41, 5.74) is 2.05. The standard InChI is InChI=1S/C24H34O4/c1-9-27-15-11-17(21(25)19(13-15)23(3,4)5)18-12-16(28-10-2)14-20(22(18)26)24(6,7)8/h11-14,25-26H,9-10H2,1-8H3. The molecule has 4 heteroatoms. The third-order valence-corrected chi connectivity index (χ3v) is 4.70. The van der Waals surface area contributed by atoms with Crippen molar-refractivity contribution in [3.05, 3.63) is 35.4 Å². The molecule has 0 aliphatic carbocycles. The van der Waals surface area contributed by atoms with E-state index in [1.807, 2.05) is 67.5 Å². The van der Waals surface area contributed by atoms with Crippen molar-refractivity contribution < 1.29 is 19.7 Å². The zero-order valence-corrected chi connectivity index (χ0v) is 18.4. The molecule has 0 unspecified atom stereocenters. The molecule has 0 fully saturated rings. The Morgan fingerprint density at radius 2 is 0.964 bits per heavy atom. The van der Waals surface area contributed by atoms with Gasteiger partial charge in [0.2, 0.25) is 0 Å². The first-order chi connectivity index (χ1) is 12.9. The summed E-state index contributed by atoms with van der Waals surface area (Å²) in [6, 6.07) is 7.31. The lowest BCUT2D eigenvalue weighted by molar-refractivity contribution is 0.336. The van der Waals surface area contributed by atoms with Crippen molar-refractivity contribution in [3.8, 4) is 34.1 Å². The van der Waals surface area contributed by atoms with E-state index in [1.165, 1.54) is 0 Å². The fraction of sp³-hybridized carbons (Fsp3) is 0.500. The highest BCUT2D eigenvalue weighted by atomic mass is 16.5. The zero-order valence-electron chi connectivity index (χ0n) is 18.4. The molecule has 0 heterocycles. The van der Waals surface area contributed by atoms with Gasteiger partial charge < -0.3 is 19.7 Å². The summed E-state index contributed by atoms with van der Waals surface area (Å²) in [7, 11) is 0. The van der Waals surface area contributed by atoms with Crippen LogP contribution >= 0.6 is 0 Å². The fourth-order valence-corrected chi connectivity index (χ4v) is 3.27. The molecule has 28 heavy (non-hydrogen) atoms. The van der Waals surface area contributed by atoms with Crippen molar-refractivity contribution in [1.82, 2.24) is 0 Å². The van der Waals surface area contributed by atoms with Crippen LogP contribution in [0.3, 0.4) is 0 Å². The maximum atomic E-state index is 11.1. The Morgan fingerprint density at radius 3 is 1.21 bits per heavy atom. The first-order valence-corrected chi connectivity index (χ1v) is 9.91. The number of aromatic hydroxyl groups is 2. The molecule has 2 aromatic carbocycles. The molecule has 0 saturated carbocycles. The number of hydrogen-bond donors (Lipinski definition) is 2. The van der Waals surface area contributed by atoms with Gasteiger partial charge in [-0.3, -0.25) is 0 Å². The highest BCUT2D eigenvalue weighted by Crippen LogP contribution is 2.48. The van der Waals surface area contributed by atoms with Gasteiger partial charge in [0.1, 0.15) is 23.0 Å². The number of phenols is 2. The first kappa shape index (κ1) is 21.9. The zero-order chi connectivity index (χ0) is 21.3. The van der Waals surface area contributed by atoms with E-state index in [4.69, 9.17) is 9.47 Å². The molecule has 2 rings (SSSR count). The Labute approximate surface area is 169 Å². The van der Waals surface area contributed by atoms with Gasteiger partial charge in [-0.25, -0.2) is 0 Å². The molecule has 0 bridgehead atoms. The Morgan fingerprint density at radius 1 is 0.643 bits per heavy atom. The van der Waals surface area contributed by atoms with Gasteiger partial charge in [-0.05, 0) is 48.9 Å². The molecule has 0 spiro atoms. The molecule has 0 atom stereocenters. The molecule has 4 nitrogen and oxygen atoms in total. The Bertz CT molecular complexity index is 768. The second-order valence-electron chi connectivity index (χ2n) is 9.10. The topological polar surface area (TPSA) is 58.9 Å². The Kier molecular flexibility index (Phi) is 6.22. The summed E-state index contributed by atoms with van der Waals surface area (Å²) in [4.78, 5) is 0. The van der Waals surface area contributed by atoms with Crippen LogP contribution in [0.4, 0.5) is 0 Å². The van der Waals surface area contributed by atoms with E-state index in [0.29, 0.717) is 35.8 Å². The van der Waals surface area contributed by atoms with Crippen LogP contribution in [-0.4, -0.2) is 23.4 Å². The van der Waals surface area contributed by atoms with E-state index in [-0.39, 0.29) is 22.3 Å². The molecule has 0 amide bonds. The molecule has 0 aliphatic rings. The third-order valence-electron chi connectivity index (χ3n) is 4.70. The molecule has 154 valence electrons. The highest BCUT2D eigenvalue weighted by molar-refractivity contribution is 5.81. The summed E-state index contributed by atoms with van der Waals surface area (Å²) in [6.45, 7) is 17.1. The van der Waals surface area contributed by atoms with Crippen molar-refractivity contribution in [2.45, 2.75) is 66.2 Å². The smallest absolute Gasteiger partial charge is 0.127 e. The average molecular weight is 387 g/mol. The quantitative estimate of drug-likeness (QED) is 0.646. The van der Waals surface area contributed by atoms with Crippen LogP contribution < -0.4 is 9.47 Å². The van der Waals surface area contributed by atoms with Crippen LogP contribution in [0.25, 0.3) is 11.1 Å². The fourth-order valence-electron chi connectivity index (χ4n) is 3.27. The van der Waals surface area contributed by atoms with Gasteiger partial charge >= 0.3 is 0 Å². The normalized spacial score (nSPS) is 12.1. The van der Waals surface area contributed by atoms with Gasteiger partial charge in [0, 0.05) is 22.3 Å². The van der Waals surface area contributed by atoms with E-state index in [2.05, 4.69) is 0 Å². The first-order valence-electron chi connectivity index (χ1n) is 9.91. The lowest BCUT2D eigenvalue weighted by Crippen LogP contribution is -2.13. The Balaban J connectivity index is 2.86. The molecule has 2 N–H and O–H groups in total. The van der Waals surface area contributed by atoms with Crippen LogP contribution in [0, 0.1) is 0 Å². The van der Waals surface area contributed by atoms with Gasteiger partial charge in [0.05, 0.1) is 13.2 Å². The molecule has 0 aromatic heterocycles. The number of benzene rings is 2. The van der Waals surface area contributed by atoms with Crippen molar-refractivity contribution in [2.75, 3.05) is 13.2 Å². The van der Waals surface area contributed by atoms with Crippen molar-refractivity contribution in [3.63, 3.8) is 0 Å². The summed E-state index contributed by atoms with van der Waals surface area (Å²) < 4.78 is 11.5. The highest BCUT2D eigenvalue weighted by Gasteiger charge is 2.27. The van der Waals surface area contributed by atoms with E-state index in [1.54, 1.807) is 12.1 Å². The van der Waals surface area contributed by atoms with Gasteiger partial charge in [-0.15, -0.1) is 0 Å². The monoisotopic (exact) mass is 386 g/mol. The predicted molar refractivity (Wildman–Crippen MR) is 115 cm³/mol. The van der Waals surface area contributed by atoms with Gasteiger partial charge in [0.25, 0.3) is 0 Å². The van der Waals surface area contributed by atoms with E-state index >= 15 is 0 Å². The molecular formula is C24H34O4. The second-order valence-corrected chi connectivity index (χ2v) is 9.10. The minimum atomic E-state index is -0.286. The number of hydrogen-bond acceptors (Lipinski definition) is 4. The largest absolute Gasteiger partial charge is 0.507 e. The van der Waals surface area contributed by atoms with Crippen molar-refractivity contribution in [2.24, 2.45) is 0 Å². The predicted octanol–water partition coefficient (Wildman–Crippen LogP) is 6.16. The molecule has 0 radical (unpaired) electrons. The van der Waals surface area contributed by atoms with Gasteiger partial charge in [-0.2, -0.15) is 0 Å². The second kappa shape index (κ2) is 7.94. The summed E-state index contributed by atoms with van der Waals surface area (Å²) in [5, 5.41) is 22.2. The summed E-state index contributed by atoms with van der Waals surface area (Å²) in [5.74, 6) is 1.64. The average Bonchev–Trinajstić information content (AvgIpc) is 2.56. The number of phenolic OH excluding ortho intramolecular Hbond substituents is 2. The minimum Gasteiger partial charge on any atom is -0.507 e. The van der Waals surface area contributed by atoms with Crippen LogP contribution in [0.5, 0.6) is 23.0 Å².